The zero-order chi connectivity index (χ0) is 13.7. The third-order valence-electron chi connectivity index (χ3n) is 6.18. The topological polar surface area (TPSA) is 27.7 Å². The van der Waals surface area contributed by atoms with Gasteiger partial charge in [0.2, 0.25) is 16.9 Å². The molecule has 1 fully saturated rings. The van der Waals surface area contributed by atoms with Crippen molar-refractivity contribution in [1.82, 2.24) is 0 Å². The van der Waals surface area contributed by atoms with Crippen LogP contribution in [0.1, 0.15) is 31.5 Å². The maximum Gasteiger partial charge on any atom is 0.234 e. The van der Waals surface area contributed by atoms with Crippen LogP contribution in [0.3, 0.4) is 0 Å². The molecule has 0 radical (unpaired) electrons. The first-order valence-electron chi connectivity index (χ1n) is 7.46. The molecule has 1 aromatic carbocycles. The molecular formula is C18H17N2+. The van der Waals surface area contributed by atoms with Gasteiger partial charge in [-0.05, 0) is 24.1 Å². The van der Waals surface area contributed by atoms with Crippen molar-refractivity contribution < 1.29 is 4.57 Å². The Balaban J connectivity index is 1.99. The maximum absolute atomic E-state index is 8.62. The lowest BCUT2D eigenvalue weighted by Gasteiger charge is -2.35. The third-order valence-corrected chi connectivity index (χ3v) is 6.18. The minimum Gasteiger partial charge on any atom is -0.292 e. The quantitative estimate of drug-likeness (QED) is 0.764. The van der Waals surface area contributed by atoms with Gasteiger partial charge in [-0.3, -0.25) is 5.41 Å². The Kier molecular flexibility index (Phi) is 1.55. The second-order valence-electron chi connectivity index (χ2n) is 6.37. The van der Waals surface area contributed by atoms with Crippen LogP contribution in [0.4, 0.5) is 0 Å². The summed E-state index contributed by atoms with van der Waals surface area (Å²) in [5, 5.41) is 8.62. The largest absolute Gasteiger partial charge is 0.292 e. The van der Waals surface area contributed by atoms with Crippen molar-refractivity contribution >= 4 is 5.71 Å². The Morgan fingerprint density at radius 2 is 1.85 bits per heavy atom. The molecule has 20 heavy (non-hydrogen) atoms. The minimum atomic E-state index is -0.0535. The molecule has 0 bridgehead atoms. The van der Waals surface area contributed by atoms with Crippen molar-refractivity contribution in [3.8, 4) is 11.3 Å². The highest BCUT2D eigenvalue weighted by molar-refractivity contribution is 6.09. The second-order valence-corrected chi connectivity index (χ2v) is 6.37. The Bertz CT molecular complexity index is 807. The highest BCUT2D eigenvalue weighted by Crippen LogP contribution is 2.73. The van der Waals surface area contributed by atoms with Gasteiger partial charge in [0, 0.05) is 18.1 Å². The van der Waals surface area contributed by atoms with Gasteiger partial charge in [0.05, 0.1) is 11.0 Å². The number of nitrogens with one attached hydrogen (secondary N) is 1. The zero-order valence-electron chi connectivity index (χ0n) is 11.8. The molecule has 2 heteroatoms. The first-order chi connectivity index (χ1) is 9.71. The monoisotopic (exact) mass is 261 g/mol. The summed E-state index contributed by atoms with van der Waals surface area (Å²) >= 11 is 0. The summed E-state index contributed by atoms with van der Waals surface area (Å²) in [7, 11) is 0. The fourth-order valence-electron chi connectivity index (χ4n) is 5.40. The molecule has 2 nitrogen and oxygen atoms in total. The van der Waals surface area contributed by atoms with Gasteiger partial charge in [-0.15, -0.1) is 0 Å². The van der Waals surface area contributed by atoms with Crippen LogP contribution in [-0.4, -0.2) is 5.71 Å². The minimum absolute atomic E-state index is 0.0535. The van der Waals surface area contributed by atoms with Gasteiger partial charge < -0.3 is 0 Å². The van der Waals surface area contributed by atoms with Gasteiger partial charge in [-0.25, -0.2) is 0 Å². The van der Waals surface area contributed by atoms with E-state index in [1.807, 2.05) is 0 Å². The summed E-state index contributed by atoms with van der Waals surface area (Å²) in [6, 6.07) is 15.2. The lowest BCUT2D eigenvalue weighted by molar-refractivity contribution is -0.743. The smallest absolute Gasteiger partial charge is 0.234 e. The van der Waals surface area contributed by atoms with E-state index in [1.165, 1.54) is 16.8 Å². The molecule has 1 saturated carbocycles. The summed E-state index contributed by atoms with van der Waals surface area (Å²) < 4.78 is 2.45. The second kappa shape index (κ2) is 2.88. The van der Waals surface area contributed by atoms with Crippen LogP contribution in [0.25, 0.3) is 11.3 Å². The highest BCUT2D eigenvalue weighted by atomic mass is 15.3. The Morgan fingerprint density at radius 1 is 1.10 bits per heavy atom. The average molecular weight is 261 g/mol. The number of fused-ring (bicyclic) bond motifs is 3. The van der Waals surface area contributed by atoms with Crippen molar-refractivity contribution in [2.24, 2.45) is 5.92 Å². The number of aromatic nitrogens is 1. The molecule has 2 aromatic rings. The molecule has 1 aromatic heterocycles. The van der Waals surface area contributed by atoms with E-state index in [-0.39, 0.29) is 11.0 Å². The Labute approximate surface area is 118 Å². The van der Waals surface area contributed by atoms with Crippen LogP contribution >= 0.6 is 0 Å². The molecule has 98 valence electrons. The summed E-state index contributed by atoms with van der Waals surface area (Å²) in [5.41, 5.74) is 6.17. The molecule has 3 aliphatic rings. The van der Waals surface area contributed by atoms with Crippen LogP contribution in [0, 0.1) is 11.3 Å². The van der Waals surface area contributed by atoms with E-state index in [0.29, 0.717) is 5.92 Å². The van der Waals surface area contributed by atoms with Gasteiger partial charge in [0.15, 0.2) is 5.71 Å². The number of rotatable bonds is 1. The molecule has 3 unspecified atom stereocenters. The SMILES string of the molecule is CCC12c3ccccc3-c3cccc4[n+]3C1(C4=N)C2C. The van der Waals surface area contributed by atoms with Crippen molar-refractivity contribution in [2.75, 3.05) is 0 Å². The van der Waals surface area contributed by atoms with Crippen molar-refractivity contribution in [3.63, 3.8) is 0 Å². The van der Waals surface area contributed by atoms with Crippen LogP contribution in [0.2, 0.25) is 0 Å². The molecule has 1 spiro atoms. The lowest BCUT2D eigenvalue weighted by atomic mass is 9.74. The molecule has 3 atom stereocenters. The van der Waals surface area contributed by atoms with Crippen LogP contribution in [-0.2, 0) is 11.0 Å². The third kappa shape index (κ3) is 0.719. The molecule has 5 rings (SSSR count). The number of nitrogens with zero attached hydrogens (tertiary/aromatic N) is 1. The van der Waals surface area contributed by atoms with E-state index >= 15 is 0 Å². The number of hydrogen-bond donors (Lipinski definition) is 1. The van der Waals surface area contributed by atoms with Crippen molar-refractivity contribution in [3.05, 3.63) is 53.7 Å². The van der Waals surface area contributed by atoms with Gasteiger partial charge >= 0.3 is 0 Å². The van der Waals surface area contributed by atoms with E-state index in [0.717, 1.165) is 17.8 Å². The zero-order valence-corrected chi connectivity index (χ0v) is 11.8. The van der Waals surface area contributed by atoms with E-state index in [4.69, 9.17) is 5.41 Å². The fourth-order valence-corrected chi connectivity index (χ4v) is 5.40. The summed E-state index contributed by atoms with van der Waals surface area (Å²) in [5.74, 6) is 0.523. The molecule has 0 amide bonds. The van der Waals surface area contributed by atoms with E-state index in [1.54, 1.807) is 0 Å². The Morgan fingerprint density at radius 3 is 2.65 bits per heavy atom. The van der Waals surface area contributed by atoms with Crippen molar-refractivity contribution in [1.29, 1.82) is 5.41 Å². The first kappa shape index (κ1) is 10.8. The normalized spacial score (nSPS) is 34.7. The number of pyridine rings is 1. The first-order valence-corrected chi connectivity index (χ1v) is 7.46. The molecule has 2 aliphatic heterocycles. The fraction of sp³-hybridized carbons (Fsp3) is 0.333. The van der Waals surface area contributed by atoms with Gasteiger partial charge in [0.25, 0.3) is 0 Å². The Hall–Kier alpha value is -1.96. The molecule has 3 heterocycles. The summed E-state index contributed by atoms with van der Waals surface area (Å²) in [6.07, 6.45) is 1.11. The summed E-state index contributed by atoms with van der Waals surface area (Å²) in [6.45, 7) is 4.61. The standard InChI is InChI=1S/C18H17N2/c1-3-17-11(2)18(17)16(19)15-10-6-9-14(20(15)18)12-7-4-5-8-13(12)17/h4-11,19H,3H2,1-2H3/q+1. The molecule has 1 aliphatic carbocycles. The van der Waals surface area contributed by atoms with Gasteiger partial charge in [-0.2, -0.15) is 4.57 Å². The highest BCUT2D eigenvalue weighted by Gasteiger charge is 2.91. The average Bonchev–Trinajstić information content (AvgIpc) is 3.10. The van der Waals surface area contributed by atoms with Gasteiger partial charge in [0.1, 0.15) is 0 Å². The molecule has 0 saturated heterocycles. The van der Waals surface area contributed by atoms with E-state index in [2.05, 4.69) is 60.9 Å². The van der Waals surface area contributed by atoms with Crippen molar-refractivity contribution in [2.45, 2.75) is 31.2 Å². The van der Waals surface area contributed by atoms with Crippen LogP contribution in [0.15, 0.2) is 42.5 Å². The molecular weight excluding hydrogens is 244 g/mol. The predicted molar refractivity (Wildman–Crippen MR) is 78.0 cm³/mol. The predicted octanol–water partition coefficient (Wildman–Crippen LogP) is 3.03. The molecule has 1 N–H and O–H groups in total. The van der Waals surface area contributed by atoms with Crippen LogP contribution in [0.5, 0.6) is 0 Å². The van der Waals surface area contributed by atoms with E-state index < -0.39 is 0 Å². The van der Waals surface area contributed by atoms with Crippen LogP contribution < -0.4 is 4.57 Å². The number of benzene rings is 1. The lowest BCUT2D eigenvalue weighted by Crippen LogP contribution is -2.72. The van der Waals surface area contributed by atoms with E-state index in [9.17, 15) is 0 Å². The van der Waals surface area contributed by atoms with Gasteiger partial charge in [-0.1, -0.05) is 32.0 Å². The number of hydrogen-bond acceptors (Lipinski definition) is 1. The summed E-state index contributed by atoms with van der Waals surface area (Å²) in [4.78, 5) is 0. The maximum atomic E-state index is 8.62.